The monoisotopic (exact) mass is 595 g/mol. The molecule has 0 radical (unpaired) electrons. The number of ether oxygens (including phenoxy) is 2. The zero-order chi connectivity index (χ0) is 27.8. The maximum atomic E-state index is 13.3. The highest BCUT2D eigenvalue weighted by atomic mass is 79.9. The van der Waals surface area contributed by atoms with E-state index in [2.05, 4.69) is 15.9 Å². The van der Waals surface area contributed by atoms with Crippen LogP contribution in [0.2, 0.25) is 0 Å². The van der Waals surface area contributed by atoms with E-state index in [-0.39, 0.29) is 59.1 Å². The molecule has 2 aromatic carbocycles. The van der Waals surface area contributed by atoms with E-state index in [9.17, 15) is 24.0 Å². The van der Waals surface area contributed by atoms with Crippen molar-refractivity contribution < 1.29 is 33.4 Å². The molecule has 8 nitrogen and oxygen atoms in total. The fourth-order valence-corrected chi connectivity index (χ4v) is 6.53. The molecule has 2 aliphatic carbocycles. The second kappa shape index (κ2) is 11.0. The predicted molar refractivity (Wildman–Crippen MR) is 144 cm³/mol. The predicted octanol–water partition coefficient (Wildman–Crippen LogP) is 4.84. The number of Topliss-reactive ketones (excluding diaryl/α,β-unsaturated/α-hetero) is 1. The van der Waals surface area contributed by atoms with Crippen molar-refractivity contribution in [3.8, 4) is 5.75 Å². The van der Waals surface area contributed by atoms with Crippen molar-refractivity contribution in [3.63, 3.8) is 0 Å². The third-order valence-corrected chi connectivity index (χ3v) is 8.58. The number of hydrogen-bond acceptors (Lipinski definition) is 7. The second-order valence-electron chi connectivity index (χ2n) is 11.0. The van der Waals surface area contributed by atoms with Crippen LogP contribution in [0.25, 0.3) is 0 Å². The number of fused-ring (bicyclic) bond motifs is 5. The van der Waals surface area contributed by atoms with E-state index >= 15 is 0 Å². The lowest BCUT2D eigenvalue weighted by atomic mass is 9.81. The zero-order valence-electron chi connectivity index (χ0n) is 21.8. The van der Waals surface area contributed by atoms with Gasteiger partial charge in [-0.3, -0.25) is 19.3 Å². The van der Waals surface area contributed by atoms with Crippen molar-refractivity contribution in [1.29, 1.82) is 0 Å². The van der Waals surface area contributed by atoms with Gasteiger partial charge in [-0.15, -0.1) is 0 Å². The molecule has 2 saturated carbocycles. The first-order valence-electron chi connectivity index (χ1n) is 13.3. The Labute approximate surface area is 235 Å². The maximum Gasteiger partial charge on any atom is 0.343 e. The first-order valence-corrected chi connectivity index (χ1v) is 14.1. The second-order valence-corrected chi connectivity index (χ2v) is 11.9. The Morgan fingerprint density at radius 3 is 2.03 bits per heavy atom. The Morgan fingerprint density at radius 1 is 0.897 bits per heavy atom. The highest BCUT2D eigenvalue weighted by Crippen LogP contribution is 2.56. The summed E-state index contributed by atoms with van der Waals surface area (Å²) in [7, 11) is 0. The van der Waals surface area contributed by atoms with Gasteiger partial charge in [-0.1, -0.05) is 29.8 Å². The van der Waals surface area contributed by atoms with Gasteiger partial charge >= 0.3 is 11.9 Å². The van der Waals surface area contributed by atoms with Gasteiger partial charge in [0, 0.05) is 10.0 Å². The van der Waals surface area contributed by atoms with Crippen LogP contribution < -0.4 is 4.74 Å². The Morgan fingerprint density at radius 2 is 1.46 bits per heavy atom. The molecule has 2 aromatic rings. The molecule has 9 heteroatoms. The fourth-order valence-electron chi connectivity index (χ4n) is 6.27. The molecule has 0 N–H and O–H groups in total. The van der Waals surface area contributed by atoms with Gasteiger partial charge in [0.25, 0.3) is 0 Å². The van der Waals surface area contributed by atoms with E-state index < -0.39 is 30.4 Å². The van der Waals surface area contributed by atoms with E-state index in [0.717, 1.165) is 28.6 Å². The first kappa shape index (κ1) is 27.2. The van der Waals surface area contributed by atoms with Crippen LogP contribution in [0.3, 0.4) is 0 Å². The number of rotatable bonds is 9. The van der Waals surface area contributed by atoms with Crippen LogP contribution in [-0.2, 0) is 19.1 Å². The van der Waals surface area contributed by atoms with Crippen LogP contribution in [0.5, 0.6) is 5.75 Å². The molecule has 5 rings (SSSR count). The van der Waals surface area contributed by atoms with E-state index in [4.69, 9.17) is 9.47 Å². The number of carbonyl (C=O) groups is 5. The van der Waals surface area contributed by atoms with Crippen LogP contribution >= 0.6 is 15.9 Å². The van der Waals surface area contributed by atoms with Gasteiger partial charge < -0.3 is 9.47 Å². The van der Waals surface area contributed by atoms with Crippen molar-refractivity contribution >= 4 is 45.5 Å². The smallest absolute Gasteiger partial charge is 0.343 e. The van der Waals surface area contributed by atoms with Crippen LogP contribution in [0.15, 0.2) is 53.0 Å². The largest absolute Gasteiger partial charge is 0.456 e. The minimum Gasteiger partial charge on any atom is -0.456 e. The summed E-state index contributed by atoms with van der Waals surface area (Å²) in [6, 6.07) is 11.6. The minimum atomic E-state index is -1.04. The number of likely N-dealkylation sites (tertiary alicyclic amines) is 1. The van der Waals surface area contributed by atoms with Gasteiger partial charge in [-0.05, 0) is 92.0 Å². The summed E-state index contributed by atoms with van der Waals surface area (Å²) in [5, 5.41) is 0. The lowest BCUT2D eigenvalue weighted by Crippen LogP contribution is -2.48. The molecule has 3 aliphatic rings. The minimum absolute atomic E-state index is 0.0312. The summed E-state index contributed by atoms with van der Waals surface area (Å²) >= 11 is 3.31. The third-order valence-electron chi connectivity index (χ3n) is 8.05. The molecule has 5 unspecified atom stereocenters. The summed E-state index contributed by atoms with van der Waals surface area (Å²) < 4.78 is 11.5. The van der Waals surface area contributed by atoms with Crippen LogP contribution in [0.4, 0.5) is 0 Å². The van der Waals surface area contributed by atoms with Crippen molar-refractivity contribution in [3.05, 3.63) is 64.1 Å². The number of amides is 2. The molecule has 1 saturated heterocycles. The van der Waals surface area contributed by atoms with Crippen LogP contribution in [0, 0.1) is 29.6 Å². The number of hydrogen-bond donors (Lipinski definition) is 0. The molecular formula is C30H30BrNO7. The van der Waals surface area contributed by atoms with Crippen molar-refractivity contribution in [1.82, 2.24) is 4.90 Å². The summed E-state index contributed by atoms with van der Waals surface area (Å²) in [6.45, 7) is 3.29. The Balaban J connectivity index is 1.20. The van der Waals surface area contributed by atoms with Gasteiger partial charge in [0.05, 0.1) is 17.4 Å². The summed E-state index contributed by atoms with van der Waals surface area (Å²) in [5.74, 6) is -2.17. The highest BCUT2D eigenvalue weighted by Gasteiger charge is 2.62. The van der Waals surface area contributed by atoms with E-state index in [1.807, 2.05) is 13.8 Å². The van der Waals surface area contributed by atoms with Gasteiger partial charge in [0.1, 0.15) is 11.8 Å². The van der Waals surface area contributed by atoms with E-state index in [1.54, 1.807) is 24.3 Å². The van der Waals surface area contributed by atoms with Gasteiger partial charge in [0.2, 0.25) is 11.8 Å². The number of benzene rings is 2. The molecule has 3 fully saturated rings. The molecule has 204 valence electrons. The molecule has 2 amide bonds. The summed E-state index contributed by atoms with van der Waals surface area (Å²) in [5.41, 5.74) is 0.651. The molecule has 0 aromatic heterocycles. The lowest BCUT2D eigenvalue weighted by molar-refractivity contribution is -0.159. The Bertz CT molecular complexity index is 1280. The van der Waals surface area contributed by atoms with Crippen molar-refractivity contribution in [2.75, 3.05) is 6.61 Å². The number of halogens is 1. The topological polar surface area (TPSA) is 107 Å². The molecule has 1 heterocycles. The summed E-state index contributed by atoms with van der Waals surface area (Å²) in [4.78, 5) is 65.9. The zero-order valence-corrected chi connectivity index (χ0v) is 23.4. The van der Waals surface area contributed by atoms with Crippen LogP contribution in [0.1, 0.15) is 60.2 Å². The number of nitrogens with zero attached hydrogens (tertiary/aromatic N) is 1. The normalized spacial score (nSPS) is 24.2. The number of ketones is 1. The quantitative estimate of drug-likeness (QED) is 0.177. The van der Waals surface area contributed by atoms with E-state index in [1.165, 1.54) is 24.3 Å². The van der Waals surface area contributed by atoms with Crippen LogP contribution in [-0.4, -0.2) is 47.1 Å². The Hall–Kier alpha value is -3.33. The van der Waals surface area contributed by atoms with Crippen molar-refractivity contribution in [2.45, 2.75) is 45.6 Å². The number of esters is 2. The van der Waals surface area contributed by atoms with E-state index in [0.29, 0.717) is 5.56 Å². The lowest BCUT2D eigenvalue weighted by Gasteiger charge is -2.27. The molecule has 5 atom stereocenters. The molecule has 1 aliphatic heterocycles. The third kappa shape index (κ3) is 5.41. The number of carbonyl (C=O) groups excluding carboxylic acids is 5. The average molecular weight is 596 g/mol. The molecule has 2 bridgehead atoms. The highest BCUT2D eigenvalue weighted by molar-refractivity contribution is 9.10. The molecule has 0 spiro atoms. The fraction of sp³-hybridized carbons (Fsp3) is 0.433. The van der Waals surface area contributed by atoms with Crippen molar-refractivity contribution in [2.24, 2.45) is 29.6 Å². The number of imide groups is 1. The standard InChI is InChI=1S/C30H30BrNO7/c1-16(2)13-23(32-27(34)25-19-3-4-20(14-19)26(25)28(32)35)30(37)38-15-24(33)17-7-11-22(12-8-17)39-29(36)18-5-9-21(31)10-6-18/h5-12,16,19-20,23,25-26H,3-4,13-15H2,1-2H3. The first-order chi connectivity index (χ1) is 18.6. The molecular weight excluding hydrogens is 566 g/mol. The molecule has 39 heavy (non-hydrogen) atoms. The average Bonchev–Trinajstić information content (AvgIpc) is 3.60. The van der Waals surface area contributed by atoms with Gasteiger partial charge in [-0.25, -0.2) is 9.59 Å². The summed E-state index contributed by atoms with van der Waals surface area (Å²) in [6.07, 6.45) is 3.10. The Kier molecular flexibility index (Phi) is 7.71. The maximum absolute atomic E-state index is 13.3. The van der Waals surface area contributed by atoms with Gasteiger partial charge in [-0.2, -0.15) is 0 Å². The van der Waals surface area contributed by atoms with Gasteiger partial charge in [0.15, 0.2) is 12.4 Å². The SMILES string of the molecule is CC(C)CC(C(=O)OCC(=O)c1ccc(OC(=O)c2ccc(Br)cc2)cc1)N1C(=O)C2C3CCC(C3)C2C1=O.